The van der Waals surface area contributed by atoms with Gasteiger partial charge in [-0.2, -0.15) is 0 Å². The molecule has 0 fully saturated rings. The second-order valence-corrected chi connectivity index (χ2v) is 6.19. The zero-order valence-corrected chi connectivity index (χ0v) is 13.1. The van der Waals surface area contributed by atoms with Crippen LogP contribution in [-0.4, -0.2) is 16.0 Å². The summed E-state index contributed by atoms with van der Waals surface area (Å²) in [4.78, 5) is 8.42. The maximum absolute atomic E-state index is 6.28. The summed E-state index contributed by atoms with van der Waals surface area (Å²) < 4.78 is 1.08. The number of hydrogen-bond acceptors (Lipinski definition) is 4. The van der Waals surface area contributed by atoms with Gasteiger partial charge in [-0.3, -0.25) is 4.98 Å². The second-order valence-electron chi connectivity index (χ2n) is 4.18. The molecule has 2 atom stereocenters. The van der Waals surface area contributed by atoms with Crippen molar-refractivity contribution < 1.29 is 0 Å². The van der Waals surface area contributed by atoms with E-state index in [1.54, 1.807) is 30.4 Å². The lowest BCUT2D eigenvalue weighted by molar-refractivity contribution is 0.632. The molecule has 1 heterocycles. The van der Waals surface area contributed by atoms with E-state index in [9.17, 15) is 0 Å². The molecule has 0 amide bonds. The Kier molecular flexibility index (Phi) is 5.36. The molecular weight excluding hydrogens is 322 g/mol. The van der Waals surface area contributed by atoms with Crippen molar-refractivity contribution in [2.75, 3.05) is 0 Å². The molecule has 2 N–H and O–H groups in total. The van der Waals surface area contributed by atoms with Crippen LogP contribution in [-0.2, 0) is 0 Å². The van der Waals surface area contributed by atoms with Gasteiger partial charge in [0, 0.05) is 22.9 Å². The summed E-state index contributed by atoms with van der Waals surface area (Å²) in [5.74, 6) is 0. The topological polar surface area (TPSA) is 51.8 Å². The Morgan fingerprint density at radius 1 is 1.32 bits per heavy atom. The fraction of sp³-hybridized carbons (Fsp3) is 0.286. The summed E-state index contributed by atoms with van der Waals surface area (Å²) >= 11 is 5.26. The highest BCUT2D eigenvalue weighted by Gasteiger charge is 2.22. The summed E-state index contributed by atoms with van der Waals surface area (Å²) in [6.45, 7) is 2.10. The predicted octanol–water partition coefficient (Wildman–Crippen LogP) is 3.81. The minimum absolute atomic E-state index is 0.0747. The first kappa shape index (κ1) is 14.5. The zero-order valence-electron chi connectivity index (χ0n) is 10.7. The van der Waals surface area contributed by atoms with Crippen LogP contribution in [0.5, 0.6) is 0 Å². The maximum Gasteiger partial charge on any atom is 0.115 e. The molecule has 0 saturated carbocycles. The summed E-state index contributed by atoms with van der Waals surface area (Å²) in [6.07, 6.45) is 6.07. The first-order valence-corrected chi connectivity index (χ1v) is 7.82. The van der Waals surface area contributed by atoms with E-state index >= 15 is 0 Å². The van der Waals surface area contributed by atoms with Crippen molar-refractivity contribution in [2.24, 2.45) is 5.73 Å². The summed E-state index contributed by atoms with van der Waals surface area (Å²) in [5.41, 5.74) is 7.48. The van der Waals surface area contributed by atoms with Gasteiger partial charge in [0.25, 0.3) is 0 Å². The fourth-order valence-corrected chi connectivity index (χ4v) is 3.66. The van der Waals surface area contributed by atoms with E-state index in [0.717, 1.165) is 15.9 Å². The van der Waals surface area contributed by atoms with E-state index in [1.165, 1.54) is 5.56 Å². The van der Waals surface area contributed by atoms with Crippen LogP contribution in [0.1, 0.15) is 24.2 Å². The highest BCUT2D eigenvalue weighted by molar-refractivity contribution is 9.10. The standard InChI is InChI=1S/C14H16BrN3S/c1-2-12(16)14(10-5-3-4-6-11(10)15)19-13-9-17-7-8-18-13/h3-9,12,14H,2,16H2,1H3. The first-order chi connectivity index (χ1) is 9.22. The van der Waals surface area contributed by atoms with Crippen LogP contribution in [0.15, 0.2) is 52.4 Å². The van der Waals surface area contributed by atoms with Crippen molar-refractivity contribution in [3.8, 4) is 0 Å². The van der Waals surface area contributed by atoms with Gasteiger partial charge in [-0.05, 0) is 18.1 Å². The highest BCUT2D eigenvalue weighted by Crippen LogP contribution is 2.39. The Hall–Kier alpha value is -0.910. The van der Waals surface area contributed by atoms with E-state index in [4.69, 9.17) is 5.73 Å². The van der Waals surface area contributed by atoms with E-state index < -0.39 is 0 Å². The number of thioether (sulfide) groups is 1. The smallest absolute Gasteiger partial charge is 0.115 e. The van der Waals surface area contributed by atoms with Gasteiger partial charge in [-0.25, -0.2) is 4.98 Å². The third-order valence-electron chi connectivity index (χ3n) is 2.86. The van der Waals surface area contributed by atoms with E-state index in [2.05, 4.69) is 38.9 Å². The van der Waals surface area contributed by atoms with Crippen molar-refractivity contribution >= 4 is 27.7 Å². The van der Waals surface area contributed by atoms with Crippen LogP contribution >= 0.6 is 27.7 Å². The van der Waals surface area contributed by atoms with Crippen LogP contribution in [0.2, 0.25) is 0 Å². The molecule has 100 valence electrons. The van der Waals surface area contributed by atoms with Gasteiger partial charge in [-0.1, -0.05) is 52.8 Å². The molecule has 19 heavy (non-hydrogen) atoms. The maximum atomic E-state index is 6.28. The largest absolute Gasteiger partial charge is 0.326 e. The monoisotopic (exact) mass is 337 g/mol. The molecule has 0 aliphatic rings. The lowest BCUT2D eigenvalue weighted by Gasteiger charge is -2.23. The lowest BCUT2D eigenvalue weighted by Crippen LogP contribution is -2.26. The minimum atomic E-state index is 0.0747. The van der Waals surface area contributed by atoms with Gasteiger partial charge >= 0.3 is 0 Å². The summed E-state index contributed by atoms with van der Waals surface area (Å²) in [5, 5.41) is 1.06. The minimum Gasteiger partial charge on any atom is -0.326 e. The average molecular weight is 338 g/mol. The molecule has 0 spiro atoms. The third-order valence-corrected chi connectivity index (χ3v) is 4.89. The third kappa shape index (κ3) is 3.78. The van der Waals surface area contributed by atoms with Crippen molar-refractivity contribution in [3.63, 3.8) is 0 Å². The number of aromatic nitrogens is 2. The average Bonchev–Trinajstić information content (AvgIpc) is 2.46. The summed E-state index contributed by atoms with van der Waals surface area (Å²) in [6, 6.07) is 8.27. The zero-order chi connectivity index (χ0) is 13.7. The normalized spacial score (nSPS) is 14.1. The molecule has 3 nitrogen and oxygen atoms in total. The molecular formula is C14H16BrN3S. The molecule has 2 unspecified atom stereocenters. The first-order valence-electron chi connectivity index (χ1n) is 6.15. The number of nitrogens with zero attached hydrogens (tertiary/aromatic N) is 2. The quantitative estimate of drug-likeness (QED) is 0.843. The Bertz CT molecular complexity index is 521. The number of nitrogens with two attached hydrogens (primary N) is 1. The molecule has 0 bridgehead atoms. The second kappa shape index (κ2) is 7.03. The molecule has 2 rings (SSSR count). The van der Waals surface area contributed by atoms with Gasteiger partial charge < -0.3 is 5.73 Å². The van der Waals surface area contributed by atoms with Crippen LogP contribution in [0.3, 0.4) is 0 Å². The van der Waals surface area contributed by atoms with Crippen LogP contribution < -0.4 is 5.73 Å². The Morgan fingerprint density at radius 3 is 2.74 bits per heavy atom. The van der Waals surface area contributed by atoms with Crippen molar-refractivity contribution in [3.05, 3.63) is 52.9 Å². The van der Waals surface area contributed by atoms with Crippen molar-refractivity contribution in [1.82, 2.24) is 9.97 Å². The number of halogens is 1. The summed E-state index contributed by atoms with van der Waals surface area (Å²) in [7, 11) is 0. The Labute approximate surface area is 126 Å². The molecule has 0 aliphatic heterocycles. The Balaban J connectivity index is 2.29. The van der Waals surface area contributed by atoms with Crippen LogP contribution in [0.4, 0.5) is 0 Å². The molecule has 0 saturated heterocycles. The molecule has 1 aromatic heterocycles. The van der Waals surface area contributed by atoms with Crippen molar-refractivity contribution in [1.29, 1.82) is 0 Å². The van der Waals surface area contributed by atoms with Gasteiger partial charge in [0.1, 0.15) is 5.03 Å². The number of benzene rings is 1. The van der Waals surface area contributed by atoms with Crippen molar-refractivity contribution in [2.45, 2.75) is 29.7 Å². The van der Waals surface area contributed by atoms with Crippen LogP contribution in [0.25, 0.3) is 0 Å². The van der Waals surface area contributed by atoms with Gasteiger partial charge in [0.15, 0.2) is 0 Å². The van der Waals surface area contributed by atoms with E-state index in [1.807, 2.05) is 18.2 Å². The molecule has 0 radical (unpaired) electrons. The van der Waals surface area contributed by atoms with E-state index in [0.29, 0.717) is 0 Å². The van der Waals surface area contributed by atoms with Crippen LogP contribution in [0, 0.1) is 0 Å². The molecule has 1 aromatic carbocycles. The lowest BCUT2D eigenvalue weighted by atomic mass is 10.0. The fourth-order valence-electron chi connectivity index (χ4n) is 1.78. The Morgan fingerprint density at radius 2 is 2.11 bits per heavy atom. The van der Waals surface area contributed by atoms with Gasteiger partial charge in [0.2, 0.25) is 0 Å². The SMILES string of the molecule is CCC(N)C(Sc1cnccn1)c1ccccc1Br. The van der Waals surface area contributed by atoms with Gasteiger partial charge in [-0.15, -0.1) is 0 Å². The molecule has 2 aromatic rings. The molecule has 0 aliphatic carbocycles. The number of hydrogen-bond donors (Lipinski definition) is 1. The number of rotatable bonds is 5. The predicted molar refractivity (Wildman–Crippen MR) is 83.0 cm³/mol. The van der Waals surface area contributed by atoms with E-state index in [-0.39, 0.29) is 11.3 Å². The molecule has 5 heteroatoms. The highest BCUT2D eigenvalue weighted by atomic mass is 79.9. The van der Waals surface area contributed by atoms with Gasteiger partial charge in [0.05, 0.1) is 11.4 Å².